The molecule has 2 heterocycles. The Kier molecular flexibility index (Phi) is 2.37. The molecule has 0 saturated heterocycles. The highest BCUT2D eigenvalue weighted by Gasteiger charge is 2.17. The zero-order chi connectivity index (χ0) is 10.9. The minimum atomic E-state index is -3.90. The van der Waals surface area contributed by atoms with E-state index in [0.29, 0.717) is 5.69 Å². The van der Waals surface area contributed by atoms with Gasteiger partial charge in [0.2, 0.25) is 5.82 Å². The molecule has 0 fully saturated rings. The van der Waals surface area contributed by atoms with Crippen molar-refractivity contribution in [3.63, 3.8) is 0 Å². The maximum atomic E-state index is 10.9. The van der Waals surface area contributed by atoms with E-state index in [9.17, 15) is 8.42 Å². The lowest BCUT2D eigenvalue weighted by Gasteiger charge is -1.89. The molecule has 1 N–H and O–H groups in total. The highest BCUT2D eigenvalue weighted by atomic mass is 35.7. The van der Waals surface area contributed by atoms with Gasteiger partial charge in [0, 0.05) is 23.1 Å². The fourth-order valence-electron chi connectivity index (χ4n) is 0.885. The van der Waals surface area contributed by atoms with Crippen molar-refractivity contribution >= 4 is 19.7 Å². The molecule has 15 heavy (non-hydrogen) atoms. The smallest absolute Gasteiger partial charge is 0.261 e. The van der Waals surface area contributed by atoms with Gasteiger partial charge < -0.3 is 0 Å². The highest BCUT2D eigenvalue weighted by molar-refractivity contribution is 8.13. The summed E-state index contributed by atoms with van der Waals surface area (Å²) < 4.78 is 21.7. The monoisotopic (exact) mass is 245 g/mol. The number of aromatic amines is 1. The lowest BCUT2D eigenvalue weighted by atomic mass is 10.4. The van der Waals surface area contributed by atoms with Crippen LogP contribution < -0.4 is 0 Å². The third-order valence-corrected chi connectivity index (χ3v) is 2.57. The van der Waals surface area contributed by atoms with Gasteiger partial charge in [0.1, 0.15) is 5.69 Å². The Morgan fingerprint density at radius 3 is 2.67 bits per heavy atom. The van der Waals surface area contributed by atoms with Crippen LogP contribution in [0.4, 0.5) is 0 Å². The van der Waals surface area contributed by atoms with E-state index >= 15 is 0 Å². The first-order chi connectivity index (χ1) is 7.07. The molecular formula is C6H4ClN5O2S. The standard InChI is InChI=1S/C6H4ClN5O2S/c7-15(13,14)6-10-5(11-12-6)4-3-8-1-2-9-4/h1-3H,(H,10,11,12). The maximum absolute atomic E-state index is 10.9. The van der Waals surface area contributed by atoms with E-state index in [1.807, 2.05) is 0 Å². The molecule has 0 spiro atoms. The van der Waals surface area contributed by atoms with E-state index in [-0.39, 0.29) is 5.82 Å². The Bertz CT molecular complexity index is 566. The van der Waals surface area contributed by atoms with Crippen molar-refractivity contribution in [3.05, 3.63) is 18.6 Å². The number of nitrogens with one attached hydrogen (secondary N) is 1. The van der Waals surface area contributed by atoms with Crippen molar-refractivity contribution in [2.24, 2.45) is 0 Å². The highest BCUT2D eigenvalue weighted by Crippen LogP contribution is 2.14. The Balaban J connectivity index is 2.46. The van der Waals surface area contributed by atoms with Crippen molar-refractivity contribution in [2.75, 3.05) is 0 Å². The predicted octanol–water partition coefficient (Wildman–Crippen LogP) is 0.189. The van der Waals surface area contributed by atoms with Gasteiger partial charge in [0.05, 0.1) is 6.20 Å². The summed E-state index contributed by atoms with van der Waals surface area (Å²) in [6, 6.07) is 0. The average Bonchev–Trinajstić information content (AvgIpc) is 2.67. The minimum Gasteiger partial charge on any atom is -0.261 e. The average molecular weight is 246 g/mol. The van der Waals surface area contributed by atoms with Crippen LogP contribution in [0.1, 0.15) is 0 Å². The van der Waals surface area contributed by atoms with Crippen molar-refractivity contribution in [1.29, 1.82) is 0 Å². The summed E-state index contributed by atoms with van der Waals surface area (Å²) in [5, 5.41) is 5.43. The lowest BCUT2D eigenvalue weighted by Crippen LogP contribution is -1.93. The molecule has 0 aliphatic carbocycles. The molecule has 0 aliphatic heterocycles. The van der Waals surface area contributed by atoms with Crippen molar-refractivity contribution < 1.29 is 8.42 Å². The van der Waals surface area contributed by atoms with Gasteiger partial charge in [-0.3, -0.25) is 4.98 Å². The summed E-state index contributed by atoms with van der Waals surface area (Å²) in [5.41, 5.74) is 0.361. The number of rotatable bonds is 2. The van der Waals surface area contributed by atoms with E-state index in [1.165, 1.54) is 18.6 Å². The quantitative estimate of drug-likeness (QED) is 0.758. The summed E-state index contributed by atoms with van der Waals surface area (Å²) in [6.45, 7) is 0. The SMILES string of the molecule is O=S(=O)(Cl)c1nc(-c2cnccn2)n[nH]1. The van der Waals surface area contributed by atoms with Gasteiger partial charge in [-0.25, -0.2) is 18.5 Å². The largest absolute Gasteiger partial charge is 0.296 e. The number of halogens is 1. The second-order valence-corrected chi connectivity index (χ2v) is 4.97. The van der Waals surface area contributed by atoms with Crippen LogP contribution in [0, 0.1) is 0 Å². The van der Waals surface area contributed by atoms with Crippen LogP contribution in [0.2, 0.25) is 0 Å². The van der Waals surface area contributed by atoms with Gasteiger partial charge in [-0.05, 0) is 0 Å². The maximum Gasteiger partial charge on any atom is 0.296 e. The Morgan fingerprint density at radius 2 is 2.13 bits per heavy atom. The summed E-state index contributed by atoms with van der Waals surface area (Å²) in [7, 11) is 1.17. The topological polar surface area (TPSA) is 101 Å². The molecule has 2 aromatic heterocycles. The molecule has 0 amide bonds. The second-order valence-electron chi connectivity index (χ2n) is 2.49. The molecule has 0 unspecified atom stereocenters. The van der Waals surface area contributed by atoms with Crippen LogP contribution in [0.15, 0.2) is 23.7 Å². The van der Waals surface area contributed by atoms with Gasteiger partial charge in [-0.1, -0.05) is 0 Å². The Hall–Kier alpha value is -1.54. The number of hydrogen-bond donors (Lipinski definition) is 1. The van der Waals surface area contributed by atoms with Crippen LogP contribution >= 0.6 is 10.7 Å². The molecule has 0 atom stereocenters. The van der Waals surface area contributed by atoms with Crippen LogP contribution in [-0.2, 0) is 9.05 Å². The summed E-state index contributed by atoms with van der Waals surface area (Å²) in [4.78, 5) is 11.4. The third kappa shape index (κ3) is 2.10. The molecule has 2 rings (SSSR count). The summed E-state index contributed by atoms with van der Waals surface area (Å²) >= 11 is 0. The van der Waals surface area contributed by atoms with E-state index in [0.717, 1.165) is 0 Å². The van der Waals surface area contributed by atoms with Gasteiger partial charge in [0.25, 0.3) is 14.2 Å². The molecule has 7 nitrogen and oxygen atoms in total. The zero-order valence-electron chi connectivity index (χ0n) is 7.12. The molecule has 0 aromatic carbocycles. The van der Waals surface area contributed by atoms with Crippen LogP contribution in [0.25, 0.3) is 11.5 Å². The van der Waals surface area contributed by atoms with Crippen LogP contribution in [0.5, 0.6) is 0 Å². The predicted molar refractivity (Wildman–Crippen MR) is 50.4 cm³/mol. The molecule has 0 radical (unpaired) electrons. The molecule has 0 aliphatic rings. The summed E-state index contributed by atoms with van der Waals surface area (Å²) in [5.74, 6) is 0.127. The fourth-order valence-corrected chi connectivity index (χ4v) is 1.44. The van der Waals surface area contributed by atoms with E-state index < -0.39 is 14.2 Å². The van der Waals surface area contributed by atoms with E-state index in [2.05, 4.69) is 25.1 Å². The normalized spacial score (nSPS) is 11.5. The minimum absolute atomic E-state index is 0.127. The number of aromatic nitrogens is 5. The molecular weight excluding hydrogens is 242 g/mol. The molecule has 78 valence electrons. The Morgan fingerprint density at radius 1 is 1.33 bits per heavy atom. The van der Waals surface area contributed by atoms with Crippen molar-refractivity contribution in [2.45, 2.75) is 5.16 Å². The zero-order valence-corrected chi connectivity index (χ0v) is 8.70. The molecule has 0 bridgehead atoms. The first kappa shape index (κ1) is 9.99. The first-order valence-corrected chi connectivity index (χ1v) is 6.02. The molecule has 2 aromatic rings. The number of H-pyrrole nitrogens is 1. The van der Waals surface area contributed by atoms with Crippen LogP contribution in [0.3, 0.4) is 0 Å². The lowest BCUT2D eigenvalue weighted by molar-refractivity contribution is 0.602. The fraction of sp³-hybridized carbons (Fsp3) is 0. The van der Waals surface area contributed by atoms with Gasteiger partial charge in [0.15, 0.2) is 0 Å². The first-order valence-electron chi connectivity index (χ1n) is 3.71. The van der Waals surface area contributed by atoms with E-state index in [4.69, 9.17) is 10.7 Å². The Labute approximate surface area is 89.0 Å². The number of nitrogens with zero attached hydrogens (tertiary/aromatic N) is 4. The van der Waals surface area contributed by atoms with Crippen molar-refractivity contribution in [1.82, 2.24) is 25.1 Å². The van der Waals surface area contributed by atoms with Gasteiger partial charge in [-0.2, -0.15) is 10.1 Å². The van der Waals surface area contributed by atoms with Gasteiger partial charge in [-0.15, -0.1) is 0 Å². The van der Waals surface area contributed by atoms with E-state index in [1.54, 1.807) is 0 Å². The van der Waals surface area contributed by atoms with Crippen molar-refractivity contribution in [3.8, 4) is 11.5 Å². The van der Waals surface area contributed by atoms with Gasteiger partial charge >= 0.3 is 0 Å². The number of hydrogen-bond acceptors (Lipinski definition) is 6. The third-order valence-electron chi connectivity index (χ3n) is 1.49. The molecule has 0 saturated carbocycles. The van der Waals surface area contributed by atoms with Crippen LogP contribution in [-0.4, -0.2) is 33.6 Å². The molecule has 9 heteroatoms. The summed E-state index contributed by atoms with van der Waals surface area (Å²) in [6.07, 6.45) is 4.34. The second kappa shape index (κ2) is 3.55.